The molecule has 0 atom stereocenters. The average Bonchev–Trinajstić information content (AvgIpc) is 2.76. The fourth-order valence-electron chi connectivity index (χ4n) is 3.88. The van der Waals surface area contributed by atoms with Gasteiger partial charge in [0.15, 0.2) is 0 Å². The van der Waals surface area contributed by atoms with Crippen molar-refractivity contribution in [2.24, 2.45) is 13.0 Å². The molecule has 3 aromatic rings. The van der Waals surface area contributed by atoms with Crippen molar-refractivity contribution in [3.63, 3.8) is 0 Å². The minimum absolute atomic E-state index is 0.198. The molecular formula is C24H25N3O2. The molecule has 1 fully saturated rings. The summed E-state index contributed by atoms with van der Waals surface area (Å²) < 4.78 is 1.29. The monoisotopic (exact) mass is 387 g/mol. The Kier molecular flexibility index (Phi) is 5.30. The minimum Gasteiger partial charge on any atom is -0.338 e. The van der Waals surface area contributed by atoms with Gasteiger partial charge in [-0.25, -0.2) is 4.68 Å². The van der Waals surface area contributed by atoms with Crippen LogP contribution in [0.25, 0.3) is 22.4 Å². The predicted molar refractivity (Wildman–Crippen MR) is 115 cm³/mol. The summed E-state index contributed by atoms with van der Waals surface area (Å²) in [5, 5.41) is 4.55. The SMILES string of the molecule is CC1CCN(C(=O)c2c(-c3ccccc3)c(-c3ccccc3)nn(C)c2=O)CC1. The molecule has 0 N–H and O–H groups in total. The number of carbonyl (C=O) groups excluding carboxylic acids is 1. The zero-order chi connectivity index (χ0) is 20.4. The minimum atomic E-state index is -0.354. The molecule has 0 bridgehead atoms. The van der Waals surface area contributed by atoms with Crippen LogP contribution in [0.2, 0.25) is 0 Å². The van der Waals surface area contributed by atoms with E-state index in [-0.39, 0.29) is 17.0 Å². The Morgan fingerprint density at radius 2 is 1.48 bits per heavy atom. The molecular weight excluding hydrogens is 362 g/mol. The molecule has 4 rings (SSSR count). The van der Waals surface area contributed by atoms with E-state index in [0.717, 1.165) is 24.0 Å². The summed E-state index contributed by atoms with van der Waals surface area (Å²) in [6.07, 6.45) is 1.92. The molecule has 0 spiro atoms. The van der Waals surface area contributed by atoms with Crippen LogP contribution in [0.3, 0.4) is 0 Å². The number of hydrogen-bond donors (Lipinski definition) is 0. The molecule has 2 heterocycles. The van der Waals surface area contributed by atoms with E-state index >= 15 is 0 Å². The first kappa shape index (κ1) is 19.1. The highest BCUT2D eigenvalue weighted by molar-refractivity contribution is 6.03. The molecule has 1 aromatic heterocycles. The lowest BCUT2D eigenvalue weighted by Gasteiger charge is -2.31. The first-order chi connectivity index (χ1) is 14.1. The molecule has 1 amide bonds. The molecule has 1 aliphatic rings. The van der Waals surface area contributed by atoms with Crippen LogP contribution in [-0.4, -0.2) is 33.7 Å². The van der Waals surface area contributed by atoms with Crippen LogP contribution in [0, 0.1) is 5.92 Å². The Morgan fingerprint density at radius 1 is 0.931 bits per heavy atom. The number of nitrogens with zero attached hydrogens (tertiary/aromatic N) is 3. The fraction of sp³-hybridized carbons (Fsp3) is 0.292. The van der Waals surface area contributed by atoms with Crippen molar-refractivity contribution in [3.8, 4) is 22.4 Å². The van der Waals surface area contributed by atoms with Crippen LogP contribution in [0.4, 0.5) is 0 Å². The van der Waals surface area contributed by atoms with Crippen molar-refractivity contribution in [1.29, 1.82) is 0 Å². The number of likely N-dealkylation sites (tertiary alicyclic amines) is 1. The van der Waals surface area contributed by atoms with Gasteiger partial charge in [0.05, 0.1) is 5.69 Å². The van der Waals surface area contributed by atoms with Crippen LogP contribution in [0.5, 0.6) is 0 Å². The van der Waals surface area contributed by atoms with E-state index in [1.54, 1.807) is 7.05 Å². The van der Waals surface area contributed by atoms with Gasteiger partial charge in [-0.2, -0.15) is 5.10 Å². The molecule has 5 nitrogen and oxygen atoms in total. The number of rotatable bonds is 3. The van der Waals surface area contributed by atoms with Crippen molar-refractivity contribution in [2.45, 2.75) is 19.8 Å². The van der Waals surface area contributed by atoms with Gasteiger partial charge in [-0.15, -0.1) is 0 Å². The van der Waals surface area contributed by atoms with Gasteiger partial charge >= 0.3 is 0 Å². The van der Waals surface area contributed by atoms with Crippen molar-refractivity contribution < 1.29 is 4.79 Å². The van der Waals surface area contributed by atoms with E-state index in [4.69, 9.17) is 0 Å². The standard InChI is InChI=1S/C24H25N3O2/c1-17-13-15-27(16-14-17)24(29)21-20(18-9-5-3-6-10-18)22(25-26(2)23(21)28)19-11-7-4-8-12-19/h3-12,17H,13-16H2,1-2H3. The number of aromatic nitrogens is 2. The summed E-state index contributed by atoms with van der Waals surface area (Å²) in [6, 6.07) is 19.3. The number of piperidine rings is 1. The number of amides is 1. The van der Waals surface area contributed by atoms with E-state index in [2.05, 4.69) is 12.0 Å². The quantitative estimate of drug-likeness (QED) is 0.683. The number of aryl methyl sites for hydroxylation is 1. The predicted octanol–water partition coefficient (Wildman–Crippen LogP) is 3.99. The first-order valence-corrected chi connectivity index (χ1v) is 10.1. The van der Waals surface area contributed by atoms with Crippen LogP contribution >= 0.6 is 0 Å². The smallest absolute Gasteiger partial charge is 0.280 e. The third-order valence-electron chi connectivity index (χ3n) is 5.64. The zero-order valence-corrected chi connectivity index (χ0v) is 16.8. The second-order valence-corrected chi connectivity index (χ2v) is 7.73. The molecule has 5 heteroatoms. The molecule has 0 aliphatic carbocycles. The van der Waals surface area contributed by atoms with Crippen molar-refractivity contribution in [3.05, 3.63) is 76.6 Å². The van der Waals surface area contributed by atoms with Crippen LogP contribution < -0.4 is 5.56 Å². The Labute approximate surface area is 170 Å². The van der Waals surface area contributed by atoms with Crippen molar-refractivity contribution in [2.75, 3.05) is 13.1 Å². The second kappa shape index (κ2) is 8.03. The summed E-state index contributed by atoms with van der Waals surface area (Å²) in [5.74, 6) is 0.406. The van der Waals surface area contributed by atoms with Gasteiger partial charge in [0, 0.05) is 31.3 Å². The van der Waals surface area contributed by atoms with E-state index in [1.165, 1.54) is 4.68 Å². The lowest BCUT2D eigenvalue weighted by atomic mass is 9.93. The van der Waals surface area contributed by atoms with E-state index < -0.39 is 0 Å². The van der Waals surface area contributed by atoms with Crippen LogP contribution in [-0.2, 0) is 7.05 Å². The fourth-order valence-corrected chi connectivity index (χ4v) is 3.88. The van der Waals surface area contributed by atoms with Gasteiger partial charge in [0.2, 0.25) is 0 Å². The van der Waals surface area contributed by atoms with E-state index in [9.17, 15) is 9.59 Å². The molecule has 2 aromatic carbocycles. The summed E-state index contributed by atoms with van der Waals surface area (Å²) in [5.41, 5.74) is 2.82. The summed E-state index contributed by atoms with van der Waals surface area (Å²) in [4.78, 5) is 28.5. The number of carbonyl (C=O) groups is 1. The summed E-state index contributed by atoms with van der Waals surface area (Å²) in [7, 11) is 1.61. The van der Waals surface area contributed by atoms with Gasteiger partial charge < -0.3 is 4.90 Å². The van der Waals surface area contributed by atoms with Gasteiger partial charge in [-0.1, -0.05) is 67.6 Å². The highest BCUT2D eigenvalue weighted by atomic mass is 16.2. The summed E-state index contributed by atoms with van der Waals surface area (Å²) >= 11 is 0. The Bertz CT molecular complexity index is 1070. The number of hydrogen-bond acceptors (Lipinski definition) is 3. The Morgan fingerprint density at radius 3 is 2.07 bits per heavy atom. The van der Waals surface area contributed by atoms with Gasteiger partial charge in [0.1, 0.15) is 5.56 Å². The molecule has 0 unspecified atom stereocenters. The zero-order valence-electron chi connectivity index (χ0n) is 16.8. The Balaban J connectivity index is 1.95. The molecule has 148 valence electrons. The number of benzene rings is 2. The highest BCUT2D eigenvalue weighted by Gasteiger charge is 2.29. The van der Waals surface area contributed by atoms with E-state index in [1.807, 2.05) is 65.6 Å². The first-order valence-electron chi connectivity index (χ1n) is 10.1. The van der Waals surface area contributed by atoms with Gasteiger partial charge in [-0.3, -0.25) is 9.59 Å². The highest BCUT2D eigenvalue weighted by Crippen LogP contribution is 2.33. The van der Waals surface area contributed by atoms with Crippen molar-refractivity contribution in [1.82, 2.24) is 14.7 Å². The molecule has 29 heavy (non-hydrogen) atoms. The molecule has 0 saturated carbocycles. The van der Waals surface area contributed by atoms with Crippen LogP contribution in [0.15, 0.2) is 65.5 Å². The maximum Gasteiger partial charge on any atom is 0.280 e. The largest absolute Gasteiger partial charge is 0.338 e. The third-order valence-corrected chi connectivity index (χ3v) is 5.64. The van der Waals surface area contributed by atoms with Crippen LogP contribution in [0.1, 0.15) is 30.1 Å². The lowest BCUT2D eigenvalue weighted by molar-refractivity contribution is 0.0695. The molecule has 0 radical (unpaired) electrons. The normalized spacial score (nSPS) is 14.8. The summed E-state index contributed by atoms with van der Waals surface area (Å²) in [6.45, 7) is 3.57. The van der Waals surface area contributed by atoms with E-state index in [0.29, 0.717) is 30.3 Å². The lowest BCUT2D eigenvalue weighted by Crippen LogP contribution is -2.42. The topological polar surface area (TPSA) is 55.2 Å². The van der Waals surface area contributed by atoms with Gasteiger partial charge in [0.25, 0.3) is 11.5 Å². The second-order valence-electron chi connectivity index (χ2n) is 7.73. The average molecular weight is 387 g/mol. The maximum absolute atomic E-state index is 13.5. The third kappa shape index (κ3) is 3.73. The maximum atomic E-state index is 13.5. The molecule has 1 saturated heterocycles. The van der Waals surface area contributed by atoms with Gasteiger partial charge in [-0.05, 0) is 24.3 Å². The van der Waals surface area contributed by atoms with Crippen molar-refractivity contribution >= 4 is 5.91 Å². The molecule has 1 aliphatic heterocycles. The Hall–Kier alpha value is -3.21.